The Morgan fingerprint density at radius 2 is 1.72 bits per heavy atom. The first kappa shape index (κ1) is 18.2. The molecule has 140 valence electrons. The van der Waals surface area contributed by atoms with Crippen LogP contribution in [0.2, 0.25) is 0 Å². The van der Waals surface area contributed by atoms with Crippen molar-refractivity contribution in [2.75, 3.05) is 13.6 Å². The second-order valence-electron chi connectivity index (χ2n) is 8.24. The molecule has 0 aromatic carbocycles. The van der Waals surface area contributed by atoms with E-state index in [1.165, 1.54) is 0 Å². The van der Waals surface area contributed by atoms with Crippen LogP contribution in [0.4, 0.5) is 4.79 Å². The first-order chi connectivity index (χ1) is 11.9. The van der Waals surface area contributed by atoms with Crippen molar-refractivity contribution in [2.24, 2.45) is 5.92 Å². The molecular weight excluding hydrogens is 318 g/mol. The highest BCUT2D eigenvalue weighted by atomic mass is 16.2. The standard InChI is InChI=1S/C19H31N3O3/c1-14-7-9-15(10-8-14)21(2)16(23)13-22-17(24)19(20-18(22)25)11-5-3-4-6-12-19/h14-15H,3-13H2,1-2H3,(H,20,25). The Morgan fingerprint density at radius 1 is 1.12 bits per heavy atom. The van der Waals surface area contributed by atoms with E-state index in [4.69, 9.17) is 0 Å². The average Bonchev–Trinajstić information content (AvgIpc) is 2.76. The summed E-state index contributed by atoms with van der Waals surface area (Å²) in [5.41, 5.74) is -0.757. The van der Waals surface area contributed by atoms with E-state index in [0.717, 1.165) is 62.2 Å². The predicted octanol–water partition coefficient (Wildman–Crippen LogP) is 2.67. The third-order valence-electron chi connectivity index (χ3n) is 6.42. The Kier molecular flexibility index (Phi) is 5.35. The van der Waals surface area contributed by atoms with Crippen molar-refractivity contribution < 1.29 is 14.4 Å². The molecule has 0 atom stereocenters. The van der Waals surface area contributed by atoms with Gasteiger partial charge in [0.15, 0.2) is 0 Å². The van der Waals surface area contributed by atoms with E-state index in [1.54, 1.807) is 4.90 Å². The van der Waals surface area contributed by atoms with Gasteiger partial charge in [0, 0.05) is 13.1 Å². The maximum Gasteiger partial charge on any atom is 0.325 e. The smallest absolute Gasteiger partial charge is 0.325 e. The summed E-state index contributed by atoms with van der Waals surface area (Å²) in [4.78, 5) is 40.8. The van der Waals surface area contributed by atoms with Crippen LogP contribution in [0.25, 0.3) is 0 Å². The zero-order chi connectivity index (χ0) is 18.0. The van der Waals surface area contributed by atoms with Gasteiger partial charge >= 0.3 is 6.03 Å². The van der Waals surface area contributed by atoms with Gasteiger partial charge in [-0.2, -0.15) is 0 Å². The highest BCUT2D eigenvalue weighted by Crippen LogP contribution is 2.33. The number of imide groups is 1. The number of carbonyl (C=O) groups excluding carboxylic acids is 3. The van der Waals surface area contributed by atoms with Crippen LogP contribution in [0.1, 0.15) is 71.1 Å². The Balaban J connectivity index is 1.62. The molecule has 0 bridgehead atoms. The molecule has 6 heteroatoms. The zero-order valence-corrected chi connectivity index (χ0v) is 15.6. The first-order valence-corrected chi connectivity index (χ1v) is 9.83. The largest absolute Gasteiger partial charge is 0.341 e. The third kappa shape index (κ3) is 3.67. The van der Waals surface area contributed by atoms with Crippen LogP contribution < -0.4 is 5.32 Å². The van der Waals surface area contributed by atoms with Crippen LogP contribution in [0.3, 0.4) is 0 Å². The van der Waals surface area contributed by atoms with E-state index in [9.17, 15) is 14.4 Å². The number of likely N-dealkylation sites (N-methyl/N-ethyl adjacent to an activating group) is 1. The van der Waals surface area contributed by atoms with Crippen molar-refractivity contribution in [3.05, 3.63) is 0 Å². The lowest BCUT2D eigenvalue weighted by atomic mass is 9.87. The maximum atomic E-state index is 12.9. The quantitative estimate of drug-likeness (QED) is 0.797. The number of hydrogen-bond donors (Lipinski definition) is 1. The van der Waals surface area contributed by atoms with Gasteiger partial charge in [-0.15, -0.1) is 0 Å². The molecule has 1 aliphatic heterocycles. The fourth-order valence-corrected chi connectivity index (χ4v) is 4.57. The summed E-state index contributed by atoms with van der Waals surface area (Å²) < 4.78 is 0. The van der Waals surface area contributed by atoms with E-state index < -0.39 is 11.6 Å². The molecule has 0 aromatic heterocycles. The molecule has 1 saturated heterocycles. The van der Waals surface area contributed by atoms with Crippen molar-refractivity contribution in [2.45, 2.75) is 82.7 Å². The lowest BCUT2D eigenvalue weighted by molar-refractivity contribution is -0.140. The molecule has 1 heterocycles. The minimum atomic E-state index is -0.757. The number of hydrogen-bond acceptors (Lipinski definition) is 3. The summed E-state index contributed by atoms with van der Waals surface area (Å²) in [7, 11) is 1.81. The van der Waals surface area contributed by atoms with Gasteiger partial charge in [0.05, 0.1) is 0 Å². The minimum absolute atomic E-state index is 0.130. The maximum absolute atomic E-state index is 12.9. The molecule has 0 unspecified atom stereocenters. The summed E-state index contributed by atoms with van der Waals surface area (Å²) in [6.45, 7) is 2.12. The normalized spacial score (nSPS) is 29.4. The monoisotopic (exact) mass is 349 g/mol. The van der Waals surface area contributed by atoms with Crippen molar-refractivity contribution in [3.63, 3.8) is 0 Å². The molecule has 0 aromatic rings. The zero-order valence-electron chi connectivity index (χ0n) is 15.6. The number of rotatable bonds is 3. The van der Waals surface area contributed by atoms with E-state index in [-0.39, 0.29) is 24.4 Å². The van der Waals surface area contributed by atoms with Gasteiger partial charge in [-0.25, -0.2) is 4.79 Å². The van der Waals surface area contributed by atoms with E-state index >= 15 is 0 Å². The van der Waals surface area contributed by atoms with Crippen LogP contribution in [0.15, 0.2) is 0 Å². The van der Waals surface area contributed by atoms with Gasteiger partial charge in [0.25, 0.3) is 5.91 Å². The minimum Gasteiger partial charge on any atom is -0.341 e. The lowest BCUT2D eigenvalue weighted by Crippen LogP contribution is -2.48. The molecular formula is C19H31N3O3. The number of carbonyl (C=O) groups is 3. The summed E-state index contributed by atoms with van der Waals surface area (Å²) in [6, 6.07) is -0.165. The Morgan fingerprint density at radius 3 is 2.32 bits per heavy atom. The van der Waals surface area contributed by atoms with E-state index in [0.29, 0.717) is 12.8 Å². The molecule has 2 saturated carbocycles. The summed E-state index contributed by atoms with van der Waals surface area (Å²) in [6.07, 6.45) is 9.78. The van der Waals surface area contributed by atoms with Crippen LogP contribution in [-0.4, -0.2) is 52.8 Å². The second kappa shape index (κ2) is 7.34. The molecule has 0 radical (unpaired) electrons. The highest BCUT2D eigenvalue weighted by Gasteiger charge is 2.51. The summed E-state index contributed by atoms with van der Waals surface area (Å²) in [5, 5.41) is 2.91. The van der Waals surface area contributed by atoms with Crippen LogP contribution in [0, 0.1) is 5.92 Å². The fraction of sp³-hybridized carbons (Fsp3) is 0.842. The van der Waals surface area contributed by atoms with Gasteiger partial charge in [-0.05, 0) is 44.4 Å². The van der Waals surface area contributed by atoms with Gasteiger partial charge in [0.1, 0.15) is 12.1 Å². The van der Waals surface area contributed by atoms with Crippen LogP contribution >= 0.6 is 0 Å². The van der Waals surface area contributed by atoms with Crippen molar-refractivity contribution >= 4 is 17.8 Å². The predicted molar refractivity (Wildman–Crippen MR) is 94.9 cm³/mol. The summed E-state index contributed by atoms with van der Waals surface area (Å²) >= 11 is 0. The van der Waals surface area contributed by atoms with Gasteiger partial charge < -0.3 is 10.2 Å². The van der Waals surface area contributed by atoms with Crippen molar-refractivity contribution in [1.82, 2.24) is 15.1 Å². The molecule has 3 aliphatic rings. The Hall–Kier alpha value is -1.59. The van der Waals surface area contributed by atoms with E-state index in [2.05, 4.69) is 12.2 Å². The lowest BCUT2D eigenvalue weighted by Gasteiger charge is -2.34. The highest BCUT2D eigenvalue weighted by molar-refractivity contribution is 6.09. The molecule has 2 aliphatic carbocycles. The first-order valence-electron chi connectivity index (χ1n) is 9.83. The SMILES string of the molecule is CC1CCC(N(C)C(=O)CN2C(=O)NC3(CCCCCC3)C2=O)CC1. The van der Waals surface area contributed by atoms with Crippen molar-refractivity contribution in [1.29, 1.82) is 0 Å². The number of amides is 4. The second-order valence-corrected chi connectivity index (χ2v) is 8.24. The van der Waals surface area contributed by atoms with E-state index in [1.807, 2.05) is 7.05 Å². The molecule has 1 spiro atoms. The number of nitrogens with one attached hydrogen (secondary N) is 1. The van der Waals surface area contributed by atoms with Crippen LogP contribution in [-0.2, 0) is 9.59 Å². The Bertz CT molecular complexity index is 532. The van der Waals surface area contributed by atoms with Crippen LogP contribution in [0.5, 0.6) is 0 Å². The third-order valence-corrected chi connectivity index (χ3v) is 6.42. The summed E-state index contributed by atoms with van der Waals surface area (Å²) in [5.74, 6) is 0.396. The Labute approximate surface area is 150 Å². The van der Waals surface area contributed by atoms with Gasteiger partial charge in [-0.1, -0.05) is 32.6 Å². The fourth-order valence-electron chi connectivity index (χ4n) is 4.57. The van der Waals surface area contributed by atoms with Gasteiger partial charge in [-0.3, -0.25) is 14.5 Å². The number of urea groups is 1. The molecule has 6 nitrogen and oxygen atoms in total. The van der Waals surface area contributed by atoms with Gasteiger partial charge in [0.2, 0.25) is 5.91 Å². The number of nitrogens with zero attached hydrogens (tertiary/aromatic N) is 2. The molecule has 1 N–H and O–H groups in total. The average molecular weight is 349 g/mol. The molecule has 3 fully saturated rings. The topological polar surface area (TPSA) is 69.7 Å². The molecule has 3 rings (SSSR count). The molecule has 25 heavy (non-hydrogen) atoms. The van der Waals surface area contributed by atoms with Crippen molar-refractivity contribution in [3.8, 4) is 0 Å². The molecule has 4 amide bonds.